The molecule has 0 spiro atoms. The number of benzene rings is 1. The zero-order chi connectivity index (χ0) is 17.5. The molecule has 0 saturated heterocycles. The summed E-state index contributed by atoms with van der Waals surface area (Å²) in [5.74, 6) is -0.467. The van der Waals surface area contributed by atoms with Crippen molar-refractivity contribution in [3.8, 4) is 0 Å². The second-order valence-corrected chi connectivity index (χ2v) is 5.68. The molecule has 7 heteroatoms. The van der Waals surface area contributed by atoms with E-state index in [0.29, 0.717) is 23.5 Å². The standard InChI is InChI=1S/C17H24N4O3/c1-2-19-16(23)11-3-5-12(6-4-11)20-14(9-10-22)15(18)17(24)21-13-7-8-13/h3-6,13,20,22H,2,7-10,18H2,1H3,(H,19,23)(H,21,24)/b15-14-. The second-order valence-electron chi connectivity index (χ2n) is 5.68. The van der Waals surface area contributed by atoms with Crippen molar-refractivity contribution in [2.75, 3.05) is 18.5 Å². The summed E-state index contributed by atoms with van der Waals surface area (Å²) < 4.78 is 0. The van der Waals surface area contributed by atoms with E-state index in [1.807, 2.05) is 6.92 Å². The lowest BCUT2D eigenvalue weighted by molar-refractivity contribution is -0.117. The van der Waals surface area contributed by atoms with Crippen molar-refractivity contribution in [2.45, 2.75) is 32.2 Å². The smallest absolute Gasteiger partial charge is 0.269 e. The predicted octanol–water partition coefficient (Wildman–Crippen LogP) is 0.680. The number of hydrogen-bond acceptors (Lipinski definition) is 5. The van der Waals surface area contributed by atoms with Crippen LogP contribution in [0.3, 0.4) is 0 Å². The third-order valence-electron chi connectivity index (χ3n) is 3.62. The number of carbonyl (C=O) groups is 2. The van der Waals surface area contributed by atoms with E-state index in [4.69, 9.17) is 5.73 Å². The van der Waals surface area contributed by atoms with Gasteiger partial charge in [-0.2, -0.15) is 0 Å². The predicted molar refractivity (Wildman–Crippen MR) is 92.2 cm³/mol. The van der Waals surface area contributed by atoms with Crippen LogP contribution in [-0.2, 0) is 4.79 Å². The molecule has 0 unspecified atom stereocenters. The number of carbonyl (C=O) groups excluding carboxylic acids is 2. The molecule has 0 bridgehead atoms. The molecule has 1 aromatic carbocycles. The van der Waals surface area contributed by atoms with Gasteiger partial charge in [-0.3, -0.25) is 9.59 Å². The molecule has 1 fully saturated rings. The minimum absolute atomic E-state index is 0.0729. The fourth-order valence-corrected chi connectivity index (χ4v) is 2.15. The summed E-state index contributed by atoms with van der Waals surface area (Å²) in [7, 11) is 0. The van der Waals surface area contributed by atoms with Gasteiger partial charge in [0.2, 0.25) is 0 Å². The van der Waals surface area contributed by atoms with E-state index < -0.39 is 0 Å². The minimum Gasteiger partial charge on any atom is -0.396 e. The third-order valence-corrected chi connectivity index (χ3v) is 3.62. The van der Waals surface area contributed by atoms with Crippen molar-refractivity contribution < 1.29 is 14.7 Å². The van der Waals surface area contributed by atoms with E-state index in [-0.39, 0.29) is 36.6 Å². The van der Waals surface area contributed by atoms with E-state index in [2.05, 4.69) is 16.0 Å². The van der Waals surface area contributed by atoms with Gasteiger partial charge in [0, 0.05) is 42.6 Å². The third kappa shape index (κ3) is 4.99. The van der Waals surface area contributed by atoms with Crippen LogP contribution < -0.4 is 21.7 Å². The molecule has 0 aliphatic heterocycles. The Hall–Kier alpha value is -2.54. The number of aliphatic hydroxyl groups is 1. The van der Waals surface area contributed by atoms with Crippen LogP contribution in [0.2, 0.25) is 0 Å². The first-order valence-corrected chi connectivity index (χ1v) is 8.10. The Morgan fingerprint density at radius 2 is 1.92 bits per heavy atom. The molecule has 1 saturated carbocycles. The molecule has 0 aromatic heterocycles. The van der Waals surface area contributed by atoms with Gasteiger partial charge in [-0.15, -0.1) is 0 Å². The van der Waals surface area contributed by atoms with Crippen LogP contribution in [0.25, 0.3) is 0 Å². The van der Waals surface area contributed by atoms with Gasteiger partial charge in [0.15, 0.2) is 0 Å². The first-order chi connectivity index (χ1) is 11.5. The Morgan fingerprint density at radius 3 is 2.46 bits per heavy atom. The molecule has 0 radical (unpaired) electrons. The number of hydrogen-bond donors (Lipinski definition) is 5. The van der Waals surface area contributed by atoms with Gasteiger partial charge in [-0.1, -0.05) is 0 Å². The first kappa shape index (κ1) is 17.8. The summed E-state index contributed by atoms with van der Waals surface area (Å²) in [6.45, 7) is 2.29. The normalized spacial score (nSPS) is 14.6. The summed E-state index contributed by atoms with van der Waals surface area (Å²) in [5, 5.41) is 17.8. The summed E-state index contributed by atoms with van der Waals surface area (Å²) in [4.78, 5) is 23.8. The van der Waals surface area contributed by atoms with Gasteiger partial charge >= 0.3 is 0 Å². The molecule has 1 aliphatic carbocycles. The Bertz CT molecular complexity index is 621. The molecule has 1 aromatic rings. The van der Waals surface area contributed by atoms with E-state index in [1.54, 1.807) is 24.3 Å². The molecule has 24 heavy (non-hydrogen) atoms. The molecule has 2 amide bonds. The van der Waals surface area contributed by atoms with Gasteiger partial charge in [-0.05, 0) is 44.0 Å². The Balaban J connectivity index is 2.08. The van der Waals surface area contributed by atoms with Crippen molar-refractivity contribution in [3.63, 3.8) is 0 Å². The van der Waals surface area contributed by atoms with Crippen molar-refractivity contribution in [1.29, 1.82) is 0 Å². The maximum atomic E-state index is 12.0. The van der Waals surface area contributed by atoms with E-state index in [0.717, 1.165) is 12.8 Å². The first-order valence-electron chi connectivity index (χ1n) is 8.10. The van der Waals surface area contributed by atoms with Crippen LogP contribution in [-0.4, -0.2) is 36.1 Å². The topological polar surface area (TPSA) is 116 Å². The van der Waals surface area contributed by atoms with Crippen molar-refractivity contribution in [2.24, 2.45) is 5.73 Å². The Morgan fingerprint density at radius 1 is 1.25 bits per heavy atom. The molecule has 6 N–H and O–H groups in total. The van der Waals surface area contributed by atoms with Crippen LogP contribution in [0.1, 0.15) is 36.5 Å². The van der Waals surface area contributed by atoms with Gasteiger partial charge < -0.3 is 26.8 Å². The van der Waals surface area contributed by atoms with Crippen LogP contribution in [0, 0.1) is 0 Å². The van der Waals surface area contributed by atoms with Crippen molar-refractivity contribution >= 4 is 17.5 Å². The number of rotatable bonds is 8. The fourth-order valence-electron chi connectivity index (χ4n) is 2.15. The lowest BCUT2D eigenvalue weighted by Crippen LogP contribution is -2.32. The number of aliphatic hydroxyl groups excluding tert-OH is 1. The van der Waals surface area contributed by atoms with Crippen LogP contribution in [0.5, 0.6) is 0 Å². The van der Waals surface area contributed by atoms with Gasteiger partial charge in [0.1, 0.15) is 5.70 Å². The van der Waals surface area contributed by atoms with Gasteiger partial charge in [-0.25, -0.2) is 0 Å². The summed E-state index contributed by atoms with van der Waals surface area (Å²) >= 11 is 0. The molecule has 0 atom stereocenters. The maximum Gasteiger partial charge on any atom is 0.269 e. The summed E-state index contributed by atoms with van der Waals surface area (Å²) in [5.41, 5.74) is 7.69. The minimum atomic E-state index is -0.326. The van der Waals surface area contributed by atoms with Crippen molar-refractivity contribution in [1.82, 2.24) is 10.6 Å². The summed E-state index contributed by atoms with van der Waals surface area (Å²) in [6.07, 6.45) is 2.19. The van der Waals surface area contributed by atoms with E-state index in [9.17, 15) is 14.7 Å². The second kappa shape index (κ2) is 8.35. The monoisotopic (exact) mass is 332 g/mol. The SMILES string of the molecule is CCNC(=O)c1ccc(N/C(CCO)=C(\N)C(=O)NC2CC2)cc1. The van der Waals surface area contributed by atoms with E-state index in [1.165, 1.54) is 0 Å². The number of nitrogens with one attached hydrogen (secondary N) is 3. The lowest BCUT2D eigenvalue weighted by atomic mass is 10.1. The summed E-state index contributed by atoms with van der Waals surface area (Å²) in [6, 6.07) is 7.04. The molecule has 1 aliphatic rings. The van der Waals surface area contributed by atoms with Crippen LogP contribution in [0.4, 0.5) is 5.69 Å². The molecular weight excluding hydrogens is 308 g/mol. The van der Waals surface area contributed by atoms with Gasteiger partial charge in [0.25, 0.3) is 11.8 Å². The Labute approximate surface area is 141 Å². The highest BCUT2D eigenvalue weighted by atomic mass is 16.3. The lowest BCUT2D eigenvalue weighted by Gasteiger charge is -2.14. The quantitative estimate of drug-likeness (QED) is 0.449. The molecular formula is C17H24N4O3. The highest BCUT2D eigenvalue weighted by Crippen LogP contribution is 2.20. The maximum absolute atomic E-state index is 12.0. The van der Waals surface area contributed by atoms with Crippen LogP contribution >= 0.6 is 0 Å². The zero-order valence-electron chi connectivity index (χ0n) is 13.8. The molecule has 2 rings (SSSR count). The largest absolute Gasteiger partial charge is 0.396 e. The van der Waals surface area contributed by atoms with Gasteiger partial charge in [0.05, 0.1) is 0 Å². The molecule has 130 valence electrons. The number of amides is 2. The molecule has 7 nitrogen and oxygen atoms in total. The average Bonchev–Trinajstić information content (AvgIpc) is 3.38. The highest BCUT2D eigenvalue weighted by Gasteiger charge is 2.25. The highest BCUT2D eigenvalue weighted by molar-refractivity contribution is 5.95. The molecule has 0 heterocycles. The van der Waals surface area contributed by atoms with E-state index >= 15 is 0 Å². The van der Waals surface area contributed by atoms with Crippen molar-refractivity contribution in [3.05, 3.63) is 41.2 Å². The zero-order valence-corrected chi connectivity index (χ0v) is 13.8. The van der Waals surface area contributed by atoms with Crippen LogP contribution in [0.15, 0.2) is 35.7 Å². The average molecular weight is 332 g/mol. The Kier molecular flexibility index (Phi) is 6.20. The number of anilines is 1. The fraction of sp³-hybridized carbons (Fsp3) is 0.412. The number of nitrogens with two attached hydrogens (primary N) is 1.